The Labute approximate surface area is 108 Å². The number of aromatic carboxylic acids is 1. The quantitative estimate of drug-likeness (QED) is 0.628. The van der Waals surface area contributed by atoms with Gasteiger partial charge in [-0.15, -0.1) is 0 Å². The number of hydrogen-bond donors (Lipinski definition) is 4. The van der Waals surface area contributed by atoms with Gasteiger partial charge >= 0.3 is 5.97 Å². The van der Waals surface area contributed by atoms with Gasteiger partial charge in [0.05, 0.1) is 11.3 Å². The summed E-state index contributed by atoms with van der Waals surface area (Å²) in [6.45, 7) is 0. The van der Waals surface area contributed by atoms with Gasteiger partial charge in [-0.2, -0.15) is 0 Å². The molecule has 1 aromatic carbocycles. The van der Waals surface area contributed by atoms with E-state index in [1.54, 1.807) is 0 Å². The van der Waals surface area contributed by atoms with Gasteiger partial charge in [-0.25, -0.2) is 13.2 Å². The number of aromatic amines is 1. The molecule has 2 aromatic rings. The minimum Gasteiger partial charge on any atom is -0.506 e. The summed E-state index contributed by atoms with van der Waals surface area (Å²) in [5, 5.41) is 18.3. The molecule has 0 aliphatic carbocycles. The molecule has 0 fully saturated rings. The Bertz CT molecular complexity index is 707. The fraction of sp³-hybridized carbons (Fsp3) is 0. The molecular formula is C11H10N2O5S. The van der Waals surface area contributed by atoms with Crippen molar-refractivity contribution in [3.63, 3.8) is 0 Å². The predicted octanol–water partition coefficient (Wildman–Crippen LogP) is 1.22. The molecule has 0 saturated heterocycles. The number of rotatable bonds is 4. The highest BCUT2D eigenvalue weighted by atomic mass is 32.2. The van der Waals surface area contributed by atoms with E-state index in [0.29, 0.717) is 0 Å². The zero-order valence-corrected chi connectivity index (χ0v) is 10.3. The van der Waals surface area contributed by atoms with Crippen LogP contribution in [0.2, 0.25) is 0 Å². The molecule has 100 valence electrons. The molecule has 4 N–H and O–H groups in total. The number of phenolic OH excluding ortho intramolecular Hbond substituents is 1. The molecule has 2 rings (SSSR count). The third kappa shape index (κ3) is 2.68. The van der Waals surface area contributed by atoms with Crippen LogP contribution < -0.4 is 4.72 Å². The summed E-state index contributed by atoms with van der Waals surface area (Å²) in [6, 6.07) is 4.70. The first-order chi connectivity index (χ1) is 8.90. The van der Waals surface area contributed by atoms with Crippen LogP contribution in [0.1, 0.15) is 10.4 Å². The van der Waals surface area contributed by atoms with E-state index >= 15 is 0 Å². The first kappa shape index (κ1) is 13.0. The Hall–Kier alpha value is -2.48. The van der Waals surface area contributed by atoms with Crippen molar-refractivity contribution in [3.8, 4) is 5.75 Å². The first-order valence-electron chi connectivity index (χ1n) is 5.12. The van der Waals surface area contributed by atoms with Crippen LogP contribution in [-0.4, -0.2) is 29.6 Å². The fourth-order valence-electron chi connectivity index (χ4n) is 1.43. The lowest BCUT2D eigenvalue weighted by atomic mass is 10.2. The summed E-state index contributed by atoms with van der Waals surface area (Å²) >= 11 is 0. The number of carboxylic acids is 1. The van der Waals surface area contributed by atoms with Crippen LogP contribution >= 0.6 is 0 Å². The summed E-state index contributed by atoms with van der Waals surface area (Å²) in [7, 11) is -3.81. The predicted molar refractivity (Wildman–Crippen MR) is 66.7 cm³/mol. The van der Waals surface area contributed by atoms with Crippen molar-refractivity contribution >= 4 is 21.7 Å². The van der Waals surface area contributed by atoms with Crippen LogP contribution in [0, 0.1) is 0 Å². The van der Waals surface area contributed by atoms with Crippen molar-refractivity contribution in [2.24, 2.45) is 0 Å². The minimum atomic E-state index is -3.81. The molecule has 0 saturated carbocycles. The second kappa shape index (κ2) is 4.65. The summed E-state index contributed by atoms with van der Waals surface area (Å²) in [5.41, 5.74) is -0.228. The number of carbonyl (C=O) groups is 1. The lowest BCUT2D eigenvalue weighted by Crippen LogP contribution is -2.12. The summed E-state index contributed by atoms with van der Waals surface area (Å²) in [6.07, 6.45) is 2.73. The van der Waals surface area contributed by atoms with Crippen molar-refractivity contribution in [3.05, 3.63) is 42.2 Å². The molecule has 0 aliphatic rings. The Balaban J connectivity index is 2.32. The Morgan fingerprint density at radius 2 is 2.00 bits per heavy atom. The molecular weight excluding hydrogens is 272 g/mol. The zero-order valence-electron chi connectivity index (χ0n) is 9.49. The first-order valence-corrected chi connectivity index (χ1v) is 6.60. The van der Waals surface area contributed by atoms with E-state index in [0.717, 1.165) is 6.07 Å². The molecule has 0 amide bonds. The highest BCUT2D eigenvalue weighted by molar-refractivity contribution is 7.92. The Kier molecular flexibility index (Phi) is 3.17. The van der Waals surface area contributed by atoms with Gasteiger partial charge in [0.15, 0.2) is 0 Å². The molecule has 19 heavy (non-hydrogen) atoms. The number of aromatic hydroxyl groups is 1. The van der Waals surface area contributed by atoms with Gasteiger partial charge in [-0.1, -0.05) is 0 Å². The number of aromatic nitrogens is 1. The molecule has 0 unspecified atom stereocenters. The van der Waals surface area contributed by atoms with Gasteiger partial charge in [0, 0.05) is 12.4 Å². The summed E-state index contributed by atoms with van der Waals surface area (Å²) < 4.78 is 25.9. The topological polar surface area (TPSA) is 119 Å². The highest BCUT2D eigenvalue weighted by Gasteiger charge is 2.17. The van der Waals surface area contributed by atoms with Crippen LogP contribution in [0.4, 0.5) is 5.69 Å². The molecule has 0 atom stereocenters. The summed E-state index contributed by atoms with van der Waals surface area (Å²) in [5.74, 6) is -1.67. The monoisotopic (exact) mass is 282 g/mol. The van der Waals surface area contributed by atoms with Crippen molar-refractivity contribution < 1.29 is 23.4 Å². The van der Waals surface area contributed by atoms with Crippen LogP contribution in [-0.2, 0) is 10.0 Å². The van der Waals surface area contributed by atoms with E-state index in [1.807, 2.05) is 0 Å². The lowest BCUT2D eigenvalue weighted by Gasteiger charge is -2.08. The molecule has 0 radical (unpaired) electrons. The van der Waals surface area contributed by atoms with Gasteiger partial charge in [0.25, 0.3) is 10.0 Å². The van der Waals surface area contributed by atoms with Gasteiger partial charge in [-0.3, -0.25) is 4.72 Å². The van der Waals surface area contributed by atoms with Crippen molar-refractivity contribution in [1.82, 2.24) is 4.98 Å². The number of nitrogens with one attached hydrogen (secondary N) is 2. The van der Waals surface area contributed by atoms with Crippen LogP contribution in [0.25, 0.3) is 0 Å². The SMILES string of the molecule is O=C(O)c1ccc(NS(=O)(=O)c2cc[nH]c2)c(O)c1. The third-order valence-electron chi connectivity index (χ3n) is 2.37. The van der Waals surface area contributed by atoms with Crippen molar-refractivity contribution in [1.29, 1.82) is 0 Å². The molecule has 1 aromatic heterocycles. The van der Waals surface area contributed by atoms with Crippen LogP contribution in [0.15, 0.2) is 41.6 Å². The largest absolute Gasteiger partial charge is 0.506 e. The van der Waals surface area contributed by atoms with Crippen molar-refractivity contribution in [2.45, 2.75) is 4.90 Å². The maximum Gasteiger partial charge on any atom is 0.335 e. The molecule has 0 spiro atoms. The Morgan fingerprint density at radius 1 is 1.26 bits per heavy atom. The van der Waals surface area contributed by atoms with E-state index in [4.69, 9.17) is 5.11 Å². The highest BCUT2D eigenvalue weighted by Crippen LogP contribution is 2.26. The third-order valence-corrected chi connectivity index (χ3v) is 3.73. The number of H-pyrrole nitrogens is 1. The number of phenols is 1. The standard InChI is InChI=1S/C11H10N2O5S/c14-10-5-7(11(15)16)1-2-9(10)13-19(17,18)8-3-4-12-6-8/h1-6,12-14H,(H,15,16). The average Bonchev–Trinajstić information content (AvgIpc) is 2.85. The van der Waals surface area contributed by atoms with E-state index < -0.39 is 21.7 Å². The number of benzene rings is 1. The maximum absolute atomic E-state index is 11.9. The second-order valence-electron chi connectivity index (χ2n) is 3.69. The molecule has 0 bridgehead atoms. The van der Waals surface area contributed by atoms with Crippen LogP contribution in [0.5, 0.6) is 5.75 Å². The number of carboxylic acid groups (broad SMARTS) is 1. The lowest BCUT2D eigenvalue weighted by molar-refractivity contribution is 0.0696. The summed E-state index contributed by atoms with van der Waals surface area (Å²) in [4.78, 5) is 13.3. The van der Waals surface area contributed by atoms with E-state index in [9.17, 15) is 18.3 Å². The van der Waals surface area contributed by atoms with Crippen molar-refractivity contribution in [2.75, 3.05) is 4.72 Å². The normalized spacial score (nSPS) is 11.2. The van der Waals surface area contributed by atoms with E-state index in [2.05, 4.69) is 9.71 Å². The number of sulfonamides is 1. The molecule has 0 aliphatic heterocycles. The molecule has 8 heteroatoms. The maximum atomic E-state index is 11.9. The van der Waals surface area contributed by atoms with E-state index in [1.165, 1.54) is 30.6 Å². The van der Waals surface area contributed by atoms with Gasteiger partial charge < -0.3 is 15.2 Å². The van der Waals surface area contributed by atoms with Gasteiger partial charge in [0.2, 0.25) is 0 Å². The molecule has 1 heterocycles. The van der Waals surface area contributed by atoms with Gasteiger partial charge in [0.1, 0.15) is 10.6 Å². The minimum absolute atomic E-state index is 0.00853. The Morgan fingerprint density at radius 3 is 2.53 bits per heavy atom. The van der Waals surface area contributed by atoms with Gasteiger partial charge in [-0.05, 0) is 24.3 Å². The number of anilines is 1. The zero-order chi connectivity index (χ0) is 14.0. The molecule has 7 nitrogen and oxygen atoms in total. The smallest absolute Gasteiger partial charge is 0.335 e. The second-order valence-corrected chi connectivity index (χ2v) is 5.37. The van der Waals surface area contributed by atoms with E-state index in [-0.39, 0.29) is 16.1 Å². The average molecular weight is 282 g/mol. The van der Waals surface area contributed by atoms with Crippen LogP contribution in [0.3, 0.4) is 0 Å². The number of hydrogen-bond acceptors (Lipinski definition) is 4. The fourth-order valence-corrected chi connectivity index (χ4v) is 2.48.